The second-order valence-corrected chi connectivity index (χ2v) is 9.79. The molecule has 37 heavy (non-hydrogen) atoms. The van der Waals surface area contributed by atoms with Crippen LogP contribution in [-0.4, -0.2) is 33.4 Å². The van der Waals surface area contributed by atoms with Gasteiger partial charge in [0.2, 0.25) is 0 Å². The number of halogens is 3. The van der Waals surface area contributed by atoms with E-state index in [1.54, 1.807) is 33.7 Å². The molecule has 1 amide bonds. The first-order valence-electron chi connectivity index (χ1n) is 12.0. The van der Waals surface area contributed by atoms with Crippen molar-refractivity contribution in [2.24, 2.45) is 0 Å². The Labute approximate surface area is 224 Å². The van der Waals surface area contributed by atoms with Crippen LogP contribution in [0, 0.1) is 17.1 Å². The molecule has 1 saturated heterocycles. The highest BCUT2D eigenvalue weighted by molar-refractivity contribution is 6.33. The molecular weight excluding hydrogens is 510 g/mol. The zero-order valence-corrected chi connectivity index (χ0v) is 21.4. The zero-order chi connectivity index (χ0) is 25.9. The molecule has 1 aliphatic heterocycles. The standard InChI is InChI=1S/C29H23Cl2FN4O/c30-20-9-11-21(12-10-20)36-26(13-16-33)27(34-28(36)23-6-1-3-7-24(23)31)29(37)35-17-14-19(15-18-35)22-5-2-4-8-25(22)32/h1-12,19H,13-15,17-18H2. The van der Waals surface area contributed by atoms with Crippen LogP contribution in [0.1, 0.15) is 40.5 Å². The van der Waals surface area contributed by atoms with E-state index in [2.05, 4.69) is 6.07 Å². The van der Waals surface area contributed by atoms with Gasteiger partial charge in [-0.3, -0.25) is 9.36 Å². The molecule has 1 aliphatic rings. The third kappa shape index (κ3) is 4.98. The fourth-order valence-corrected chi connectivity index (χ4v) is 5.25. The Kier molecular flexibility index (Phi) is 7.27. The fourth-order valence-electron chi connectivity index (χ4n) is 4.90. The van der Waals surface area contributed by atoms with Crippen LogP contribution in [0.2, 0.25) is 10.0 Å². The number of nitrogens with zero attached hydrogens (tertiary/aromatic N) is 4. The molecule has 0 radical (unpaired) electrons. The smallest absolute Gasteiger partial charge is 0.274 e. The van der Waals surface area contributed by atoms with Gasteiger partial charge < -0.3 is 4.90 Å². The van der Waals surface area contributed by atoms with E-state index < -0.39 is 0 Å². The van der Waals surface area contributed by atoms with Gasteiger partial charge in [0.1, 0.15) is 11.6 Å². The van der Waals surface area contributed by atoms with Gasteiger partial charge in [-0.1, -0.05) is 53.5 Å². The van der Waals surface area contributed by atoms with Gasteiger partial charge >= 0.3 is 0 Å². The van der Waals surface area contributed by atoms with Gasteiger partial charge in [-0.05, 0) is 66.8 Å². The predicted molar refractivity (Wildman–Crippen MR) is 143 cm³/mol. The fraction of sp³-hybridized carbons (Fsp3) is 0.207. The number of nitriles is 1. The number of piperidine rings is 1. The van der Waals surface area contributed by atoms with Crippen molar-refractivity contribution in [3.05, 3.63) is 106 Å². The third-order valence-corrected chi connectivity index (χ3v) is 7.33. The molecule has 8 heteroatoms. The SMILES string of the molecule is N#CCc1c(C(=O)N2CCC(c3ccccc3F)CC2)nc(-c2ccccc2Cl)n1-c1ccc(Cl)cc1. The van der Waals surface area contributed by atoms with Crippen LogP contribution in [-0.2, 0) is 6.42 Å². The highest BCUT2D eigenvalue weighted by atomic mass is 35.5. The Morgan fingerprint density at radius 1 is 1.00 bits per heavy atom. The summed E-state index contributed by atoms with van der Waals surface area (Å²) >= 11 is 12.7. The van der Waals surface area contributed by atoms with Gasteiger partial charge in [0, 0.05) is 29.4 Å². The second-order valence-electron chi connectivity index (χ2n) is 8.95. The molecule has 186 valence electrons. The number of likely N-dealkylation sites (tertiary alicyclic amines) is 1. The highest BCUT2D eigenvalue weighted by Crippen LogP contribution is 2.34. The van der Waals surface area contributed by atoms with Crippen molar-refractivity contribution >= 4 is 29.1 Å². The highest BCUT2D eigenvalue weighted by Gasteiger charge is 2.31. The first kappa shape index (κ1) is 25.0. The van der Waals surface area contributed by atoms with Crippen molar-refractivity contribution in [3.63, 3.8) is 0 Å². The molecule has 4 aromatic rings. The average molecular weight is 533 g/mol. The Morgan fingerprint density at radius 3 is 2.35 bits per heavy atom. The Bertz CT molecular complexity index is 1480. The first-order valence-corrected chi connectivity index (χ1v) is 12.8. The molecule has 0 spiro atoms. The quantitative estimate of drug-likeness (QED) is 0.276. The van der Waals surface area contributed by atoms with Crippen LogP contribution < -0.4 is 0 Å². The summed E-state index contributed by atoms with van der Waals surface area (Å²) in [7, 11) is 0. The number of carbonyl (C=O) groups is 1. The summed E-state index contributed by atoms with van der Waals surface area (Å²) in [6.07, 6.45) is 1.28. The Hall–Kier alpha value is -3.66. The van der Waals surface area contributed by atoms with Crippen LogP contribution in [0.4, 0.5) is 4.39 Å². The molecule has 2 heterocycles. The summed E-state index contributed by atoms with van der Waals surface area (Å²) in [5.41, 5.74) is 2.76. The normalized spacial score (nSPS) is 13.9. The largest absolute Gasteiger partial charge is 0.337 e. The van der Waals surface area contributed by atoms with Crippen LogP contribution >= 0.6 is 23.2 Å². The maximum absolute atomic E-state index is 14.3. The maximum atomic E-state index is 14.3. The van der Waals surface area contributed by atoms with Crippen LogP contribution in [0.25, 0.3) is 17.1 Å². The molecule has 3 aromatic carbocycles. The summed E-state index contributed by atoms with van der Waals surface area (Å²) in [5, 5.41) is 10.7. The summed E-state index contributed by atoms with van der Waals surface area (Å²) < 4.78 is 16.1. The van der Waals surface area contributed by atoms with Crippen LogP contribution in [0.15, 0.2) is 72.8 Å². The molecule has 1 aromatic heterocycles. The molecule has 0 unspecified atom stereocenters. The summed E-state index contributed by atoms with van der Waals surface area (Å²) in [6, 6.07) is 23.4. The van der Waals surface area contributed by atoms with Crippen LogP contribution in [0.5, 0.6) is 0 Å². The first-order chi connectivity index (χ1) is 18.0. The molecule has 0 saturated carbocycles. The lowest BCUT2D eigenvalue weighted by molar-refractivity contribution is 0.0706. The van der Waals surface area contributed by atoms with Gasteiger partial charge in [0.15, 0.2) is 5.69 Å². The number of carbonyl (C=O) groups excluding carboxylic acids is 1. The number of benzene rings is 3. The minimum absolute atomic E-state index is 0.0210. The summed E-state index contributed by atoms with van der Waals surface area (Å²) in [4.78, 5) is 20.3. The van der Waals surface area contributed by atoms with E-state index in [0.717, 1.165) is 5.69 Å². The monoisotopic (exact) mass is 532 g/mol. The summed E-state index contributed by atoms with van der Waals surface area (Å²) in [5.74, 6) is 0.0600. The van der Waals surface area contributed by atoms with Crippen molar-refractivity contribution in [3.8, 4) is 23.1 Å². The van der Waals surface area contributed by atoms with Gasteiger partial charge in [-0.2, -0.15) is 5.26 Å². The van der Waals surface area contributed by atoms with E-state index >= 15 is 0 Å². The van der Waals surface area contributed by atoms with E-state index in [1.165, 1.54) is 6.07 Å². The summed E-state index contributed by atoms with van der Waals surface area (Å²) in [6.45, 7) is 0.943. The molecule has 5 rings (SSSR count). The topological polar surface area (TPSA) is 61.9 Å². The lowest BCUT2D eigenvalue weighted by Gasteiger charge is -2.32. The zero-order valence-electron chi connectivity index (χ0n) is 19.9. The minimum Gasteiger partial charge on any atom is -0.337 e. The van der Waals surface area contributed by atoms with Gasteiger partial charge in [-0.15, -0.1) is 0 Å². The van der Waals surface area contributed by atoms with E-state index in [9.17, 15) is 14.4 Å². The number of amides is 1. The maximum Gasteiger partial charge on any atom is 0.274 e. The molecule has 0 bridgehead atoms. The van der Waals surface area contributed by atoms with E-state index in [0.29, 0.717) is 58.6 Å². The molecular formula is C29H23Cl2FN4O. The van der Waals surface area contributed by atoms with E-state index in [4.69, 9.17) is 28.2 Å². The van der Waals surface area contributed by atoms with E-state index in [1.807, 2.05) is 42.5 Å². The molecule has 0 aliphatic carbocycles. The Morgan fingerprint density at radius 2 is 1.68 bits per heavy atom. The van der Waals surface area contributed by atoms with Crippen molar-refractivity contribution < 1.29 is 9.18 Å². The molecule has 0 N–H and O–H groups in total. The number of imidazole rings is 1. The number of hydrogen-bond donors (Lipinski definition) is 0. The van der Waals surface area contributed by atoms with Crippen molar-refractivity contribution in [2.75, 3.05) is 13.1 Å². The Balaban J connectivity index is 1.54. The average Bonchev–Trinajstić information content (AvgIpc) is 3.28. The lowest BCUT2D eigenvalue weighted by atomic mass is 9.89. The van der Waals surface area contributed by atoms with Crippen molar-refractivity contribution in [1.29, 1.82) is 5.26 Å². The second kappa shape index (κ2) is 10.8. The molecule has 0 atom stereocenters. The van der Waals surface area contributed by atoms with E-state index in [-0.39, 0.29) is 29.8 Å². The number of rotatable bonds is 5. The molecule has 1 fully saturated rings. The van der Waals surface area contributed by atoms with Crippen LogP contribution in [0.3, 0.4) is 0 Å². The van der Waals surface area contributed by atoms with Crippen molar-refractivity contribution in [1.82, 2.24) is 14.5 Å². The van der Waals surface area contributed by atoms with Gasteiger partial charge in [0.25, 0.3) is 5.91 Å². The predicted octanol–water partition coefficient (Wildman–Crippen LogP) is 7.07. The number of hydrogen-bond acceptors (Lipinski definition) is 3. The van der Waals surface area contributed by atoms with Gasteiger partial charge in [-0.25, -0.2) is 9.37 Å². The molecule has 5 nitrogen and oxygen atoms in total. The van der Waals surface area contributed by atoms with Gasteiger partial charge in [0.05, 0.1) is 23.2 Å². The number of aromatic nitrogens is 2. The van der Waals surface area contributed by atoms with Crippen molar-refractivity contribution in [2.45, 2.75) is 25.2 Å². The lowest BCUT2D eigenvalue weighted by Crippen LogP contribution is -2.38. The third-order valence-electron chi connectivity index (χ3n) is 6.75. The minimum atomic E-state index is -0.252.